The number of benzene rings is 2. The molecule has 0 bridgehead atoms. The first kappa shape index (κ1) is 25.0. The van der Waals surface area contributed by atoms with Crippen LogP contribution in [0.15, 0.2) is 30.3 Å². The molecule has 2 saturated heterocycles. The van der Waals surface area contributed by atoms with Crippen molar-refractivity contribution in [2.45, 2.75) is 31.3 Å². The number of amides is 4. The average molecular weight is 527 g/mol. The predicted octanol–water partition coefficient (Wildman–Crippen LogP) is 1.50. The maximum atomic E-state index is 13.9. The van der Waals surface area contributed by atoms with Crippen molar-refractivity contribution in [1.29, 1.82) is 0 Å². The van der Waals surface area contributed by atoms with E-state index in [1.165, 1.54) is 19.1 Å². The number of halogens is 1. The van der Waals surface area contributed by atoms with Crippen LogP contribution in [0.5, 0.6) is 11.5 Å². The Labute approximate surface area is 218 Å². The fourth-order valence-corrected chi connectivity index (χ4v) is 6.26. The summed E-state index contributed by atoms with van der Waals surface area (Å²) >= 11 is 6.34. The molecule has 0 unspecified atom stereocenters. The van der Waals surface area contributed by atoms with E-state index in [0.717, 1.165) is 11.1 Å². The van der Waals surface area contributed by atoms with E-state index in [1.807, 2.05) is 6.07 Å². The molecule has 0 aromatic heterocycles. The van der Waals surface area contributed by atoms with Crippen molar-refractivity contribution in [3.05, 3.63) is 52.0 Å². The molecule has 10 nitrogen and oxygen atoms in total. The van der Waals surface area contributed by atoms with E-state index < -0.39 is 47.0 Å². The first-order chi connectivity index (χ1) is 17.6. The molecule has 4 atom stereocenters. The van der Waals surface area contributed by atoms with E-state index in [4.69, 9.17) is 26.8 Å². The molecule has 5 rings (SSSR count). The van der Waals surface area contributed by atoms with Gasteiger partial charge in [-0.2, -0.15) is 0 Å². The van der Waals surface area contributed by atoms with Gasteiger partial charge in [-0.3, -0.25) is 29.4 Å². The first-order valence-corrected chi connectivity index (χ1v) is 12.2. The second-order valence-corrected chi connectivity index (χ2v) is 10.0. The van der Waals surface area contributed by atoms with E-state index in [-0.39, 0.29) is 13.0 Å². The normalized spacial score (nSPS) is 25.9. The van der Waals surface area contributed by atoms with Gasteiger partial charge in [-0.15, -0.1) is 0 Å². The summed E-state index contributed by atoms with van der Waals surface area (Å²) in [5.41, 5.74) is 6.55. The Morgan fingerprint density at radius 3 is 2.51 bits per heavy atom. The van der Waals surface area contributed by atoms with Gasteiger partial charge in [0, 0.05) is 35.3 Å². The van der Waals surface area contributed by atoms with Crippen LogP contribution in [0.1, 0.15) is 23.1 Å². The lowest BCUT2D eigenvalue weighted by Gasteiger charge is -2.29. The van der Waals surface area contributed by atoms with Crippen molar-refractivity contribution >= 4 is 40.9 Å². The van der Waals surface area contributed by atoms with Crippen LogP contribution < -0.4 is 25.8 Å². The van der Waals surface area contributed by atoms with Gasteiger partial charge < -0.3 is 20.5 Å². The van der Waals surface area contributed by atoms with E-state index in [2.05, 4.69) is 10.6 Å². The lowest BCUT2D eigenvalue weighted by atomic mass is 9.76. The largest absolute Gasteiger partial charge is 0.493 e. The van der Waals surface area contributed by atoms with Crippen molar-refractivity contribution in [2.75, 3.05) is 26.1 Å². The quantitative estimate of drug-likeness (QED) is 0.464. The summed E-state index contributed by atoms with van der Waals surface area (Å²) in [4.78, 5) is 54.1. The monoisotopic (exact) mass is 526 g/mol. The highest BCUT2D eigenvalue weighted by Crippen LogP contribution is 2.54. The number of nitrogens with two attached hydrogens (primary N) is 1. The van der Waals surface area contributed by atoms with Crippen molar-refractivity contribution < 1.29 is 28.7 Å². The third kappa shape index (κ3) is 3.74. The molecular formula is C26H27ClN4O6. The van der Waals surface area contributed by atoms with Crippen LogP contribution in [0.3, 0.4) is 0 Å². The Balaban J connectivity index is 1.51. The second-order valence-electron chi connectivity index (χ2n) is 9.60. The molecule has 3 aliphatic heterocycles. The lowest BCUT2D eigenvalue weighted by molar-refractivity contribution is -0.142. The van der Waals surface area contributed by atoms with Crippen LogP contribution in [0.25, 0.3) is 0 Å². The summed E-state index contributed by atoms with van der Waals surface area (Å²) in [6, 6.07) is 7.92. The highest BCUT2D eigenvalue weighted by atomic mass is 35.5. The smallest absolute Gasteiger partial charge is 0.250 e. The van der Waals surface area contributed by atoms with E-state index in [1.54, 1.807) is 31.2 Å². The lowest BCUT2D eigenvalue weighted by Crippen LogP contribution is -2.53. The summed E-state index contributed by atoms with van der Waals surface area (Å²) < 4.78 is 10.6. The van der Waals surface area contributed by atoms with Gasteiger partial charge in [0.1, 0.15) is 5.54 Å². The van der Waals surface area contributed by atoms with Crippen LogP contribution in [-0.2, 0) is 31.1 Å². The maximum Gasteiger partial charge on any atom is 0.250 e. The van der Waals surface area contributed by atoms with Crippen molar-refractivity contribution in [2.24, 2.45) is 17.6 Å². The first-order valence-electron chi connectivity index (χ1n) is 11.9. The topological polar surface area (TPSA) is 140 Å². The molecule has 1 spiro atoms. The molecule has 0 aliphatic carbocycles. The fourth-order valence-electron chi connectivity index (χ4n) is 5.98. The van der Waals surface area contributed by atoms with Gasteiger partial charge in [-0.25, -0.2) is 0 Å². The Morgan fingerprint density at radius 1 is 1.11 bits per heavy atom. The summed E-state index contributed by atoms with van der Waals surface area (Å²) in [6.07, 6.45) is 0.166. The second kappa shape index (κ2) is 9.04. The number of rotatable bonds is 7. The fraction of sp³-hybridized carbons (Fsp3) is 0.385. The molecule has 37 heavy (non-hydrogen) atoms. The molecular weight excluding hydrogens is 500 g/mol. The Morgan fingerprint density at radius 2 is 1.84 bits per heavy atom. The number of primary amides is 1. The minimum atomic E-state index is -1.54. The minimum absolute atomic E-state index is 0.0998. The molecule has 3 aliphatic rings. The van der Waals surface area contributed by atoms with Gasteiger partial charge in [0.05, 0.1) is 26.1 Å². The average Bonchev–Trinajstić information content (AvgIpc) is 3.42. The van der Waals surface area contributed by atoms with Gasteiger partial charge in [-0.05, 0) is 48.7 Å². The number of methoxy groups -OCH3 is 2. The number of carbonyl (C=O) groups is 4. The van der Waals surface area contributed by atoms with Crippen LogP contribution in [0.4, 0.5) is 5.69 Å². The number of nitrogens with zero attached hydrogens (tertiary/aromatic N) is 1. The number of ether oxygens (including phenoxy) is 2. The highest BCUT2D eigenvalue weighted by molar-refractivity contribution is 6.31. The summed E-state index contributed by atoms with van der Waals surface area (Å²) in [7, 11) is 3.07. The van der Waals surface area contributed by atoms with E-state index in [0.29, 0.717) is 34.2 Å². The Kier molecular flexibility index (Phi) is 6.12. The standard InChI is InChI=1S/C26H27ClN4O6/c1-12-8-14(27)10-15-22(12)29-25(35)26(15)21-20(16(30-26)11-19(28)32)23(33)31(24(21)34)7-6-13-4-5-17(36-2)18(9-13)37-3/h4-5,8-10,16,20-21,30H,6-7,11H2,1-3H3,(H2,28,32)(H,29,35)/t16-,20+,21+,26+/m0/s1. The van der Waals surface area contributed by atoms with Gasteiger partial charge in [0.2, 0.25) is 23.6 Å². The number of likely N-dealkylation sites (tertiary alicyclic amines) is 1. The molecule has 0 radical (unpaired) electrons. The zero-order valence-corrected chi connectivity index (χ0v) is 21.3. The Hall–Kier alpha value is -3.63. The molecule has 11 heteroatoms. The summed E-state index contributed by atoms with van der Waals surface area (Å²) in [5, 5.41) is 6.43. The van der Waals surface area contributed by atoms with E-state index in [9.17, 15) is 19.2 Å². The van der Waals surface area contributed by atoms with Crippen LogP contribution in [0, 0.1) is 18.8 Å². The molecule has 2 aromatic rings. The Bertz CT molecular complexity index is 1350. The van der Waals surface area contributed by atoms with Gasteiger partial charge >= 0.3 is 0 Å². The highest BCUT2D eigenvalue weighted by Gasteiger charge is 2.70. The molecule has 2 fully saturated rings. The number of hydrogen-bond donors (Lipinski definition) is 3. The number of aryl methyl sites for hydroxylation is 1. The van der Waals surface area contributed by atoms with Crippen LogP contribution in [0.2, 0.25) is 5.02 Å². The molecule has 4 N–H and O–H groups in total. The van der Waals surface area contributed by atoms with Gasteiger partial charge in [0.25, 0.3) is 0 Å². The number of imide groups is 1. The predicted molar refractivity (Wildman–Crippen MR) is 134 cm³/mol. The minimum Gasteiger partial charge on any atom is -0.493 e. The third-order valence-electron chi connectivity index (χ3n) is 7.57. The van der Waals surface area contributed by atoms with Gasteiger partial charge in [-0.1, -0.05) is 17.7 Å². The molecule has 0 saturated carbocycles. The molecule has 3 heterocycles. The maximum absolute atomic E-state index is 13.9. The molecule has 194 valence electrons. The van der Waals surface area contributed by atoms with Gasteiger partial charge in [0.15, 0.2) is 11.5 Å². The number of anilines is 1. The molecule has 2 aromatic carbocycles. The van der Waals surface area contributed by atoms with Crippen molar-refractivity contribution in [3.8, 4) is 11.5 Å². The van der Waals surface area contributed by atoms with Crippen LogP contribution in [-0.4, -0.2) is 55.3 Å². The number of nitrogens with one attached hydrogen (secondary N) is 2. The van der Waals surface area contributed by atoms with Crippen molar-refractivity contribution in [3.63, 3.8) is 0 Å². The zero-order valence-electron chi connectivity index (χ0n) is 20.6. The SMILES string of the molecule is COc1ccc(CCN2C(=O)[C@@H]3[C@H](CC(N)=O)N[C@@]4(C(=O)Nc5c(C)cc(Cl)cc54)[C@H]3C2=O)cc1OC. The van der Waals surface area contributed by atoms with Crippen LogP contribution >= 0.6 is 11.6 Å². The summed E-state index contributed by atoms with van der Waals surface area (Å²) in [5.74, 6) is -2.89. The van der Waals surface area contributed by atoms with Crippen molar-refractivity contribution in [1.82, 2.24) is 10.2 Å². The summed E-state index contributed by atoms with van der Waals surface area (Å²) in [6.45, 7) is 1.90. The van der Waals surface area contributed by atoms with E-state index >= 15 is 0 Å². The zero-order chi connectivity index (χ0) is 26.6. The number of fused-ring (bicyclic) bond motifs is 4. The molecule has 4 amide bonds. The third-order valence-corrected chi connectivity index (χ3v) is 7.79. The number of hydrogen-bond acceptors (Lipinski definition) is 7. The number of carbonyl (C=O) groups excluding carboxylic acids is 4.